The predicted octanol–water partition coefficient (Wildman–Crippen LogP) is -2.39. The molecular weight excluding hydrogens is 1060 g/mol. The molecule has 23 nitrogen and oxygen atoms in total. The maximum absolute atomic E-state index is 12.6. The van der Waals surface area contributed by atoms with Crippen molar-refractivity contribution in [1.29, 1.82) is 10.5 Å². The number of amides is 4. The number of nitriles is 2. The fraction of sp³-hybridized carbons (Fsp3) is 0.255. The Labute approximate surface area is 515 Å². The van der Waals surface area contributed by atoms with Gasteiger partial charge in [0.05, 0.1) is 12.1 Å². The summed E-state index contributed by atoms with van der Waals surface area (Å²) in [5.74, 6) is 12.3. The minimum atomic E-state index is -0.726. The Bertz CT molecular complexity index is 2940. The third-order valence-electron chi connectivity index (χ3n) is 11.2. The van der Waals surface area contributed by atoms with E-state index in [1.165, 1.54) is 9.35 Å². The summed E-state index contributed by atoms with van der Waals surface area (Å²) in [5.41, 5.74) is 16.3. The molecule has 2 fully saturated rings. The van der Waals surface area contributed by atoms with E-state index in [2.05, 4.69) is 62.9 Å². The van der Waals surface area contributed by atoms with Gasteiger partial charge in [0, 0.05) is 57.1 Å². The second-order valence-electron chi connectivity index (χ2n) is 15.5. The van der Waals surface area contributed by atoms with Crippen molar-refractivity contribution in [2.75, 3.05) is 35.4 Å². The first-order chi connectivity index (χ1) is 34.2. The number of imidazole rings is 2. The Balaban J connectivity index is 0.000000435. The van der Waals surface area contributed by atoms with Crippen LogP contribution in [-0.4, -0.2) is 77.4 Å². The van der Waals surface area contributed by atoms with Crippen molar-refractivity contribution in [2.45, 2.75) is 64.5 Å². The second kappa shape index (κ2) is 30.7. The number of nitrogens with zero attached hydrogens (tertiary/aromatic N) is 9. The van der Waals surface area contributed by atoms with Crippen molar-refractivity contribution in [2.24, 2.45) is 11.5 Å². The third kappa shape index (κ3) is 16.3. The minimum absolute atomic E-state index is 0. The Morgan fingerprint density at radius 1 is 0.795 bits per heavy atom. The Kier molecular flexibility index (Phi) is 26.0. The SMILES string of the molecule is CCc1ccnc(NC(=O)c2ccc(-c3nc([C@@H]4CCCN4)n(N)c3C(N)=O)cc2)c1.CCc1ccnc(NC(=O)c2ccc(-c3nc([C@@H]4CCCN4C#N)n(N)c3C(N)=O)cc2)c1.N#CBr.O=CO[O-].[H-].[K+].[K+]. The number of halogens is 1. The van der Waals surface area contributed by atoms with E-state index in [9.17, 15) is 24.4 Å². The first-order valence-electron chi connectivity index (χ1n) is 21.9. The molecule has 6 heterocycles. The van der Waals surface area contributed by atoms with Gasteiger partial charge in [0.15, 0.2) is 23.4 Å². The van der Waals surface area contributed by atoms with Crippen LogP contribution in [0.4, 0.5) is 11.6 Å². The first-order valence-corrected chi connectivity index (χ1v) is 22.7. The molecule has 0 spiro atoms. The molecule has 0 saturated carbocycles. The molecule has 0 unspecified atom stereocenters. The van der Waals surface area contributed by atoms with E-state index in [-0.39, 0.29) is 146 Å². The zero-order valence-electron chi connectivity index (χ0n) is 41.5. The van der Waals surface area contributed by atoms with Gasteiger partial charge in [-0.3, -0.25) is 28.9 Å². The molecule has 4 aromatic heterocycles. The Hall–Kier alpha value is -5.44. The minimum Gasteiger partial charge on any atom is -1.00 e. The smallest absolute Gasteiger partial charge is 1.00 e. The number of aryl methyl sites for hydroxylation is 2. The second-order valence-corrected chi connectivity index (χ2v) is 15.9. The van der Waals surface area contributed by atoms with Crippen LogP contribution in [0.2, 0.25) is 0 Å². The van der Waals surface area contributed by atoms with Gasteiger partial charge in [-0.15, -0.1) is 0 Å². The Morgan fingerprint density at radius 3 is 1.62 bits per heavy atom. The summed E-state index contributed by atoms with van der Waals surface area (Å²) >= 11 is 2.45. The number of nitrogen functional groups attached to an aromatic ring is 2. The molecule has 8 rings (SSSR count). The number of hydrogen-bond donors (Lipinski definition) is 7. The normalized spacial score (nSPS) is 14.0. The van der Waals surface area contributed by atoms with Crippen LogP contribution >= 0.6 is 15.9 Å². The number of hydrogen-bond acceptors (Lipinski definition) is 17. The summed E-state index contributed by atoms with van der Waals surface area (Å²) in [4.78, 5) is 81.4. The van der Waals surface area contributed by atoms with Crippen LogP contribution in [0.25, 0.3) is 22.5 Å². The largest absolute Gasteiger partial charge is 1.00 e. The number of aromatic nitrogens is 6. The zero-order chi connectivity index (χ0) is 51.6. The van der Waals surface area contributed by atoms with Crippen LogP contribution in [0, 0.1) is 21.7 Å². The number of rotatable bonds is 13. The molecule has 2 atom stereocenters. The van der Waals surface area contributed by atoms with Crippen molar-refractivity contribution < 1.29 is 138 Å². The van der Waals surface area contributed by atoms with E-state index < -0.39 is 11.8 Å². The molecule has 4 amide bonds. The molecule has 0 aliphatic carbocycles. The molecule has 11 N–H and O–H groups in total. The topological polar surface area (TPSA) is 370 Å². The number of carbonyl (C=O) groups excluding carboxylic acids is 5. The summed E-state index contributed by atoms with van der Waals surface area (Å²) < 4.78 is 2.44. The number of primary amides is 2. The van der Waals surface area contributed by atoms with Gasteiger partial charge < -0.3 is 50.7 Å². The van der Waals surface area contributed by atoms with Gasteiger partial charge in [-0.2, -0.15) is 10.5 Å². The first kappa shape index (κ1) is 61.9. The van der Waals surface area contributed by atoms with Crippen molar-refractivity contribution in [3.63, 3.8) is 0 Å². The molecule has 6 aromatic rings. The molecule has 73 heavy (non-hydrogen) atoms. The fourth-order valence-electron chi connectivity index (χ4n) is 7.78. The number of carbonyl (C=O) groups is 5. The number of nitrogens with two attached hydrogens (primary N) is 4. The maximum atomic E-state index is 12.6. The summed E-state index contributed by atoms with van der Waals surface area (Å²) in [6, 6.07) is 20.6. The molecule has 26 heteroatoms. The van der Waals surface area contributed by atoms with Gasteiger partial charge in [0.25, 0.3) is 30.1 Å². The standard InChI is InChI=1S/C23H24N8O2.C22H25N7O2.CBrN.CH2O3.2K.H/c1-2-14-9-10-27-18(12-14)28-23(33)16-7-5-15(6-8-16)19-20(21(25)32)31(26)22(29-19)17-4-3-11-30(17)13-24;1-2-13-9-11-26-17(12-13)27-22(31)15-7-5-14(6-8-15)18-19(20(23)30)29(24)21(28-18)16-4-3-10-25-16;2-1-3;2-1-4-3;;;/h5-10,12,17H,2-4,11,26H2,1H3,(H2,25,32)(H,27,28,33);5-9,11-12,16,25H,2-4,10,24H2,1H3,(H2,23,30)(H,26,27,31);;1,3H;;;/q;;;;2*+1;-1/p-1/t17-;16-;;;;;/m00...../s1. The molecule has 2 aromatic carbocycles. The third-order valence-corrected chi connectivity index (χ3v) is 11.2. The predicted molar refractivity (Wildman–Crippen MR) is 263 cm³/mol. The summed E-state index contributed by atoms with van der Waals surface area (Å²) in [6.07, 6.45) is 10.6. The van der Waals surface area contributed by atoms with Gasteiger partial charge in [0.1, 0.15) is 33.8 Å². The van der Waals surface area contributed by atoms with Crippen LogP contribution in [0.3, 0.4) is 0 Å². The summed E-state index contributed by atoms with van der Waals surface area (Å²) in [5, 5.41) is 33.9. The van der Waals surface area contributed by atoms with E-state index >= 15 is 0 Å². The van der Waals surface area contributed by atoms with Crippen LogP contribution in [0.1, 0.15) is 118 Å². The van der Waals surface area contributed by atoms with Crippen LogP contribution in [-0.2, 0) is 22.5 Å². The van der Waals surface area contributed by atoms with E-state index in [1.54, 1.807) is 70.8 Å². The van der Waals surface area contributed by atoms with Crippen LogP contribution < -0.4 is 147 Å². The van der Waals surface area contributed by atoms with Crippen molar-refractivity contribution in [3.8, 4) is 33.7 Å². The maximum Gasteiger partial charge on any atom is 1.00 e. The average molecular weight is 1110 g/mol. The molecule has 0 radical (unpaired) electrons. The molecule has 0 bridgehead atoms. The van der Waals surface area contributed by atoms with Gasteiger partial charge in [0.2, 0.25) is 0 Å². The molecular formula is C47H51BrK2N16O7. The number of nitrogens with one attached hydrogen (secondary N) is 3. The van der Waals surface area contributed by atoms with Crippen molar-refractivity contribution in [1.82, 2.24) is 39.5 Å². The van der Waals surface area contributed by atoms with Gasteiger partial charge in [-0.1, -0.05) is 38.1 Å². The van der Waals surface area contributed by atoms with E-state index in [0.29, 0.717) is 69.9 Å². The molecule has 370 valence electrons. The van der Waals surface area contributed by atoms with E-state index in [0.717, 1.165) is 49.8 Å². The summed E-state index contributed by atoms with van der Waals surface area (Å²) in [6.45, 7) is 5.36. The van der Waals surface area contributed by atoms with Crippen LogP contribution in [0.15, 0.2) is 85.2 Å². The average Bonchev–Trinajstić information content (AvgIpc) is 4.21. The number of benzene rings is 2. The van der Waals surface area contributed by atoms with Gasteiger partial charge in [-0.25, -0.2) is 29.3 Å². The quantitative estimate of drug-likeness (QED) is 0.0158. The van der Waals surface area contributed by atoms with Gasteiger partial charge in [-0.05, 0) is 105 Å². The molecule has 2 aliphatic heterocycles. The van der Waals surface area contributed by atoms with Crippen LogP contribution in [0.5, 0.6) is 0 Å². The fourth-order valence-corrected chi connectivity index (χ4v) is 7.78. The summed E-state index contributed by atoms with van der Waals surface area (Å²) in [7, 11) is 0. The zero-order valence-corrected chi connectivity index (χ0v) is 48.4. The van der Waals surface area contributed by atoms with E-state index in [1.807, 2.05) is 38.1 Å². The van der Waals surface area contributed by atoms with Crippen molar-refractivity contribution in [3.05, 3.63) is 130 Å². The number of anilines is 2. The number of pyridine rings is 2. The number of likely N-dealkylation sites (tertiary alicyclic amines) is 1. The van der Waals surface area contributed by atoms with Crippen molar-refractivity contribution >= 4 is 57.7 Å². The molecule has 2 aliphatic rings. The molecule has 2 saturated heterocycles. The van der Waals surface area contributed by atoms with Gasteiger partial charge >= 0.3 is 103 Å². The Morgan fingerprint density at radius 2 is 1.23 bits per heavy atom. The van der Waals surface area contributed by atoms with E-state index in [4.69, 9.17) is 38.5 Å². The monoisotopic (exact) mass is 1110 g/mol.